The fraction of sp³-hybridized carbons (Fsp3) is 0.214. The van der Waals surface area contributed by atoms with Gasteiger partial charge in [0, 0.05) is 6.54 Å². The first-order valence-electron chi connectivity index (χ1n) is 5.97. The fourth-order valence-electron chi connectivity index (χ4n) is 1.81. The summed E-state index contributed by atoms with van der Waals surface area (Å²) in [4.78, 5) is 4.15. The van der Waals surface area contributed by atoms with Crippen LogP contribution in [0.3, 0.4) is 0 Å². The predicted molar refractivity (Wildman–Crippen MR) is 78.8 cm³/mol. The van der Waals surface area contributed by atoms with Gasteiger partial charge in [0.15, 0.2) is 0 Å². The lowest BCUT2D eigenvalue weighted by atomic mass is 10.1. The number of pyridine rings is 1. The second-order valence-corrected chi connectivity index (χ2v) is 4.49. The molecule has 100 valence electrons. The molecule has 1 aromatic carbocycles. The number of aromatic nitrogens is 1. The Hall–Kier alpha value is -1.94. The van der Waals surface area contributed by atoms with Crippen molar-refractivity contribution in [3.63, 3.8) is 0 Å². The standard InChI is InChI=1S/C14H16ClN3O/c1-19-13-5-3-2-4-10(13)6-7-17-14-12(15)8-11(16)9-18-14/h2-5,8-9H,6-7,16H2,1H3,(H,17,18). The van der Waals surface area contributed by atoms with Crippen molar-refractivity contribution in [2.24, 2.45) is 0 Å². The summed E-state index contributed by atoms with van der Waals surface area (Å²) in [6, 6.07) is 9.61. The van der Waals surface area contributed by atoms with Gasteiger partial charge in [-0.15, -0.1) is 0 Å². The Morgan fingerprint density at radius 3 is 2.89 bits per heavy atom. The summed E-state index contributed by atoms with van der Waals surface area (Å²) in [5.41, 5.74) is 7.29. The Labute approximate surface area is 117 Å². The maximum Gasteiger partial charge on any atom is 0.144 e. The number of halogens is 1. The van der Waals surface area contributed by atoms with Gasteiger partial charge < -0.3 is 15.8 Å². The topological polar surface area (TPSA) is 60.2 Å². The van der Waals surface area contributed by atoms with E-state index in [4.69, 9.17) is 22.1 Å². The number of benzene rings is 1. The quantitative estimate of drug-likeness (QED) is 0.882. The second kappa shape index (κ2) is 6.29. The summed E-state index contributed by atoms with van der Waals surface area (Å²) < 4.78 is 5.30. The molecule has 0 spiro atoms. The number of rotatable bonds is 5. The first-order valence-corrected chi connectivity index (χ1v) is 6.35. The van der Waals surface area contributed by atoms with E-state index >= 15 is 0 Å². The first-order chi connectivity index (χ1) is 9.20. The van der Waals surface area contributed by atoms with E-state index in [1.165, 1.54) is 0 Å². The molecule has 0 unspecified atom stereocenters. The molecule has 0 atom stereocenters. The minimum absolute atomic E-state index is 0.528. The lowest BCUT2D eigenvalue weighted by molar-refractivity contribution is 0.410. The van der Waals surface area contributed by atoms with Crippen LogP contribution in [0.15, 0.2) is 36.5 Å². The van der Waals surface area contributed by atoms with Gasteiger partial charge in [0.25, 0.3) is 0 Å². The third kappa shape index (κ3) is 3.51. The number of anilines is 2. The van der Waals surface area contributed by atoms with E-state index in [9.17, 15) is 0 Å². The number of nitrogens with two attached hydrogens (primary N) is 1. The summed E-state index contributed by atoms with van der Waals surface area (Å²) in [6.07, 6.45) is 2.41. The average Bonchev–Trinajstić information content (AvgIpc) is 2.42. The molecule has 0 saturated carbocycles. The Kier molecular flexibility index (Phi) is 4.47. The van der Waals surface area contributed by atoms with Gasteiger partial charge in [0.2, 0.25) is 0 Å². The number of ether oxygens (including phenoxy) is 1. The van der Waals surface area contributed by atoms with Crippen LogP contribution in [-0.2, 0) is 6.42 Å². The van der Waals surface area contributed by atoms with Gasteiger partial charge in [-0.25, -0.2) is 4.98 Å². The number of hydrogen-bond donors (Lipinski definition) is 2. The minimum Gasteiger partial charge on any atom is -0.496 e. The molecule has 5 heteroatoms. The molecule has 4 nitrogen and oxygen atoms in total. The van der Waals surface area contributed by atoms with Crippen molar-refractivity contribution in [2.75, 3.05) is 24.7 Å². The molecule has 0 fully saturated rings. The van der Waals surface area contributed by atoms with Crippen LogP contribution in [0.4, 0.5) is 11.5 Å². The van der Waals surface area contributed by atoms with E-state index in [2.05, 4.69) is 10.3 Å². The molecule has 2 aromatic rings. The summed E-state index contributed by atoms with van der Waals surface area (Å²) >= 11 is 6.04. The van der Waals surface area contributed by atoms with E-state index < -0.39 is 0 Å². The van der Waals surface area contributed by atoms with Crippen molar-refractivity contribution < 1.29 is 4.74 Å². The zero-order chi connectivity index (χ0) is 13.7. The predicted octanol–water partition coefficient (Wildman–Crippen LogP) is 2.98. The normalized spacial score (nSPS) is 10.2. The zero-order valence-corrected chi connectivity index (χ0v) is 11.4. The molecule has 0 radical (unpaired) electrons. The highest BCUT2D eigenvalue weighted by atomic mass is 35.5. The third-order valence-corrected chi connectivity index (χ3v) is 3.03. The van der Waals surface area contributed by atoms with Crippen LogP contribution in [0, 0.1) is 0 Å². The molecule has 0 aliphatic heterocycles. The van der Waals surface area contributed by atoms with Crippen molar-refractivity contribution >= 4 is 23.1 Å². The largest absolute Gasteiger partial charge is 0.496 e. The van der Waals surface area contributed by atoms with Gasteiger partial charge >= 0.3 is 0 Å². The first kappa shape index (κ1) is 13.5. The maximum absolute atomic E-state index is 6.04. The molecular weight excluding hydrogens is 262 g/mol. The van der Waals surface area contributed by atoms with Crippen molar-refractivity contribution in [3.8, 4) is 5.75 Å². The second-order valence-electron chi connectivity index (χ2n) is 4.09. The smallest absolute Gasteiger partial charge is 0.144 e. The molecular formula is C14H16ClN3O. The molecule has 0 aliphatic carbocycles. The highest BCUT2D eigenvalue weighted by Gasteiger charge is 2.04. The number of methoxy groups -OCH3 is 1. The van der Waals surface area contributed by atoms with Gasteiger partial charge in [0.05, 0.1) is 24.0 Å². The molecule has 0 bridgehead atoms. The molecule has 0 aliphatic rings. The lowest BCUT2D eigenvalue weighted by Gasteiger charge is -2.10. The molecule has 2 rings (SSSR count). The van der Waals surface area contributed by atoms with Crippen LogP contribution in [0.5, 0.6) is 5.75 Å². The van der Waals surface area contributed by atoms with E-state index in [-0.39, 0.29) is 0 Å². The van der Waals surface area contributed by atoms with Crippen molar-refractivity contribution in [2.45, 2.75) is 6.42 Å². The fourth-order valence-corrected chi connectivity index (χ4v) is 2.05. The van der Waals surface area contributed by atoms with Crippen LogP contribution >= 0.6 is 11.6 Å². The number of nitrogens with zero attached hydrogens (tertiary/aromatic N) is 1. The number of hydrogen-bond acceptors (Lipinski definition) is 4. The molecule has 1 heterocycles. The van der Waals surface area contributed by atoms with E-state index in [0.29, 0.717) is 16.5 Å². The molecule has 19 heavy (non-hydrogen) atoms. The van der Waals surface area contributed by atoms with Gasteiger partial charge in [0.1, 0.15) is 11.6 Å². The number of nitrogen functional groups attached to an aromatic ring is 1. The summed E-state index contributed by atoms with van der Waals surface area (Å²) in [7, 11) is 1.67. The minimum atomic E-state index is 0.528. The Bertz CT molecular complexity index is 560. The highest BCUT2D eigenvalue weighted by molar-refractivity contribution is 6.33. The van der Waals surface area contributed by atoms with Gasteiger partial charge in [-0.05, 0) is 24.1 Å². The molecule has 3 N–H and O–H groups in total. The Morgan fingerprint density at radius 2 is 2.16 bits per heavy atom. The van der Waals surface area contributed by atoms with Crippen LogP contribution in [0.1, 0.15) is 5.56 Å². The maximum atomic E-state index is 6.04. The van der Waals surface area contributed by atoms with Crippen molar-refractivity contribution in [1.29, 1.82) is 0 Å². The summed E-state index contributed by atoms with van der Waals surface area (Å²) in [5, 5.41) is 3.71. The van der Waals surface area contributed by atoms with E-state index in [0.717, 1.165) is 24.3 Å². The van der Waals surface area contributed by atoms with Crippen molar-refractivity contribution in [1.82, 2.24) is 4.98 Å². The average molecular weight is 278 g/mol. The number of nitrogens with one attached hydrogen (secondary N) is 1. The van der Waals surface area contributed by atoms with Crippen molar-refractivity contribution in [3.05, 3.63) is 47.1 Å². The lowest BCUT2D eigenvalue weighted by Crippen LogP contribution is -2.07. The van der Waals surface area contributed by atoms with Crippen LogP contribution in [-0.4, -0.2) is 18.6 Å². The van der Waals surface area contributed by atoms with E-state index in [1.807, 2.05) is 24.3 Å². The Morgan fingerprint density at radius 1 is 1.37 bits per heavy atom. The summed E-state index contributed by atoms with van der Waals surface area (Å²) in [5.74, 6) is 1.53. The Balaban J connectivity index is 1.96. The number of para-hydroxylation sites is 1. The van der Waals surface area contributed by atoms with Crippen LogP contribution in [0.25, 0.3) is 0 Å². The summed E-state index contributed by atoms with van der Waals surface area (Å²) in [6.45, 7) is 0.719. The molecule has 0 saturated heterocycles. The van der Waals surface area contributed by atoms with Gasteiger partial charge in [-0.2, -0.15) is 0 Å². The molecule has 1 aromatic heterocycles. The monoisotopic (exact) mass is 277 g/mol. The zero-order valence-electron chi connectivity index (χ0n) is 10.7. The SMILES string of the molecule is COc1ccccc1CCNc1ncc(N)cc1Cl. The third-order valence-electron chi connectivity index (χ3n) is 2.74. The van der Waals surface area contributed by atoms with E-state index in [1.54, 1.807) is 19.4 Å². The highest BCUT2D eigenvalue weighted by Crippen LogP contribution is 2.22. The molecule has 0 amide bonds. The van der Waals surface area contributed by atoms with Gasteiger partial charge in [-0.1, -0.05) is 29.8 Å². The van der Waals surface area contributed by atoms with Crippen LogP contribution < -0.4 is 15.8 Å². The van der Waals surface area contributed by atoms with Crippen LogP contribution in [0.2, 0.25) is 5.02 Å². The van der Waals surface area contributed by atoms with Gasteiger partial charge in [-0.3, -0.25) is 0 Å².